The SMILES string of the molecule is Sc1ccc(C2CCC(c3ccc(S)cc3)CC2)cc1. The van der Waals surface area contributed by atoms with Gasteiger partial charge in [0.25, 0.3) is 0 Å². The highest BCUT2D eigenvalue weighted by atomic mass is 32.1. The summed E-state index contributed by atoms with van der Waals surface area (Å²) in [4.78, 5) is 2.10. The summed E-state index contributed by atoms with van der Waals surface area (Å²) in [5, 5.41) is 0. The van der Waals surface area contributed by atoms with E-state index in [2.05, 4.69) is 73.8 Å². The van der Waals surface area contributed by atoms with Crippen LogP contribution in [0.1, 0.15) is 48.6 Å². The average Bonchev–Trinajstić information content (AvgIpc) is 2.49. The predicted octanol–water partition coefficient (Wildman–Crippen LogP) is 5.71. The van der Waals surface area contributed by atoms with E-state index in [1.807, 2.05) is 0 Å². The van der Waals surface area contributed by atoms with Crippen LogP contribution in [0.3, 0.4) is 0 Å². The zero-order valence-corrected chi connectivity index (χ0v) is 13.3. The van der Waals surface area contributed by atoms with E-state index in [1.165, 1.54) is 36.8 Å². The molecule has 0 aliphatic heterocycles. The van der Waals surface area contributed by atoms with Crippen molar-refractivity contribution in [2.75, 3.05) is 0 Å². The highest BCUT2D eigenvalue weighted by Gasteiger charge is 2.23. The van der Waals surface area contributed by atoms with Gasteiger partial charge in [-0.15, -0.1) is 25.3 Å². The number of rotatable bonds is 2. The largest absolute Gasteiger partial charge is 0.143 e. The van der Waals surface area contributed by atoms with Crippen LogP contribution in [-0.2, 0) is 0 Å². The lowest BCUT2D eigenvalue weighted by molar-refractivity contribution is 0.396. The second-order valence-electron chi connectivity index (χ2n) is 5.73. The van der Waals surface area contributed by atoms with Crippen LogP contribution in [-0.4, -0.2) is 0 Å². The van der Waals surface area contributed by atoms with E-state index in [1.54, 1.807) is 0 Å². The summed E-state index contributed by atoms with van der Waals surface area (Å²) in [7, 11) is 0. The smallest absolute Gasteiger partial charge is 0.00401 e. The van der Waals surface area contributed by atoms with Gasteiger partial charge < -0.3 is 0 Å². The Bertz CT molecular complexity index is 495. The van der Waals surface area contributed by atoms with Gasteiger partial charge in [-0.2, -0.15) is 0 Å². The Labute approximate surface area is 132 Å². The number of thiol groups is 2. The second-order valence-corrected chi connectivity index (χ2v) is 6.76. The van der Waals surface area contributed by atoms with Gasteiger partial charge in [0.15, 0.2) is 0 Å². The van der Waals surface area contributed by atoms with Gasteiger partial charge in [0.2, 0.25) is 0 Å². The van der Waals surface area contributed by atoms with Crippen LogP contribution in [0.25, 0.3) is 0 Å². The van der Waals surface area contributed by atoms with Crippen molar-refractivity contribution in [3.63, 3.8) is 0 Å². The molecule has 2 heteroatoms. The molecule has 0 radical (unpaired) electrons. The molecule has 0 unspecified atom stereocenters. The van der Waals surface area contributed by atoms with Gasteiger partial charge in [-0.25, -0.2) is 0 Å². The molecular formula is C18H20S2. The van der Waals surface area contributed by atoms with Gasteiger partial charge in [-0.3, -0.25) is 0 Å². The Balaban J connectivity index is 1.64. The molecule has 2 aromatic carbocycles. The Morgan fingerprint density at radius 3 is 1.15 bits per heavy atom. The molecule has 0 bridgehead atoms. The molecule has 0 N–H and O–H groups in total. The van der Waals surface area contributed by atoms with E-state index < -0.39 is 0 Å². The average molecular weight is 300 g/mol. The third kappa shape index (κ3) is 3.24. The van der Waals surface area contributed by atoms with E-state index in [0.29, 0.717) is 0 Å². The number of hydrogen-bond acceptors (Lipinski definition) is 2. The third-order valence-corrected chi connectivity index (χ3v) is 5.05. The second kappa shape index (κ2) is 6.28. The summed E-state index contributed by atoms with van der Waals surface area (Å²) < 4.78 is 0. The summed E-state index contributed by atoms with van der Waals surface area (Å²) in [6.45, 7) is 0. The molecule has 0 nitrogen and oxygen atoms in total. The predicted molar refractivity (Wildman–Crippen MR) is 91.3 cm³/mol. The maximum atomic E-state index is 4.36. The molecule has 104 valence electrons. The van der Waals surface area contributed by atoms with Crippen LogP contribution >= 0.6 is 25.3 Å². The highest BCUT2D eigenvalue weighted by Crippen LogP contribution is 2.40. The first-order valence-electron chi connectivity index (χ1n) is 7.30. The van der Waals surface area contributed by atoms with Crippen LogP contribution in [0.15, 0.2) is 58.3 Å². The Morgan fingerprint density at radius 2 is 0.850 bits per heavy atom. The monoisotopic (exact) mass is 300 g/mol. The van der Waals surface area contributed by atoms with Gasteiger partial charge in [0.1, 0.15) is 0 Å². The van der Waals surface area contributed by atoms with Crippen molar-refractivity contribution in [3.8, 4) is 0 Å². The van der Waals surface area contributed by atoms with E-state index in [0.717, 1.165) is 21.6 Å². The normalized spacial score (nSPS) is 22.7. The standard InChI is InChI=1S/C18H20S2/c19-17-9-5-15(6-10-17)13-1-2-14(4-3-13)16-7-11-18(20)12-8-16/h5-14,19-20H,1-4H2. The molecule has 1 aliphatic rings. The molecule has 0 amide bonds. The van der Waals surface area contributed by atoms with E-state index >= 15 is 0 Å². The topological polar surface area (TPSA) is 0 Å². The van der Waals surface area contributed by atoms with Crippen molar-refractivity contribution < 1.29 is 0 Å². The molecule has 1 saturated carbocycles. The molecule has 0 spiro atoms. The molecule has 1 aliphatic carbocycles. The molecule has 3 rings (SSSR count). The zero-order valence-electron chi connectivity index (χ0n) is 11.5. The van der Waals surface area contributed by atoms with Crippen LogP contribution in [0.5, 0.6) is 0 Å². The van der Waals surface area contributed by atoms with Gasteiger partial charge in [0.05, 0.1) is 0 Å². The summed E-state index contributed by atoms with van der Waals surface area (Å²) in [5.74, 6) is 1.45. The summed E-state index contributed by atoms with van der Waals surface area (Å²) >= 11 is 8.72. The van der Waals surface area contributed by atoms with Crippen molar-refractivity contribution in [2.24, 2.45) is 0 Å². The maximum Gasteiger partial charge on any atom is 0.00401 e. The van der Waals surface area contributed by atoms with Crippen molar-refractivity contribution in [2.45, 2.75) is 47.3 Å². The fourth-order valence-electron chi connectivity index (χ4n) is 3.25. The Morgan fingerprint density at radius 1 is 0.550 bits per heavy atom. The van der Waals surface area contributed by atoms with Crippen LogP contribution in [0.2, 0.25) is 0 Å². The molecule has 0 heterocycles. The number of benzene rings is 2. The van der Waals surface area contributed by atoms with Crippen molar-refractivity contribution >= 4 is 25.3 Å². The lowest BCUT2D eigenvalue weighted by atomic mass is 9.76. The summed E-state index contributed by atoms with van der Waals surface area (Å²) in [5.41, 5.74) is 2.96. The fourth-order valence-corrected chi connectivity index (χ4v) is 3.55. The van der Waals surface area contributed by atoms with Crippen molar-refractivity contribution in [1.29, 1.82) is 0 Å². The van der Waals surface area contributed by atoms with Crippen molar-refractivity contribution in [3.05, 3.63) is 59.7 Å². The minimum absolute atomic E-state index is 0.726. The summed E-state index contributed by atoms with van der Waals surface area (Å²) in [6.07, 6.45) is 5.16. The molecular weight excluding hydrogens is 280 g/mol. The molecule has 0 atom stereocenters. The molecule has 20 heavy (non-hydrogen) atoms. The minimum atomic E-state index is 0.726. The third-order valence-electron chi connectivity index (χ3n) is 4.46. The Hall–Kier alpha value is -0.860. The van der Waals surface area contributed by atoms with Gasteiger partial charge in [0, 0.05) is 9.79 Å². The first-order chi connectivity index (χ1) is 9.72. The summed E-state index contributed by atoms with van der Waals surface area (Å²) in [6, 6.07) is 17.4. The first-order valence-corrected chi connectivity index (χ1v) is 8.19. The molecule has 0 aromatic heterocycles. The lowest BCUT2D eigenvalue weighted by Crippen LogP contribution is -2.12. The zero-order chi connectivity index (χ0) is 13.9. The van der Waals surface area contributed by atoms with Gasteiger partial charge in [-0.1, -0.05) is 24.3 Å². The van der Waals surface area contributed by atoms with Crippen LogP contribution in [0, 0.1) is 0 Å². The highest BCUT2D eigenvalue weighted by molar-refractivity contribution is 7.80. The molecule has 0 saturated heterocycles. The van der Waals surface area contributed by atoms with E-state index in [-0.39, 0.29) is 0 Å². The quantitative estimate of drug-likeness (QED) is 0.652. The first kappa shape index (κ1) is 14.1. The molecule has 2 aromatic rings. The lowest BCUT2D eigenvalue weighted by Gasteiger charge is -2.29. The maximum absolute atomic E-state index is 4.36. The fraction of sp³-hybridized carbons (Fsp3) is 0.333. The number of hydrogen-bond donors (Lipinski definition) is 2. The van der Waals surface area contributed by atoms with E-state index in [4.69, 9.17) is 0 Å². The van der Waals surface area contributed by atoms with Gasteiger partial charge >= 0.3 is 0 Å². The van der Waals surface area contributed by atoms with Gasteiger partial charge in [-0.05, 0) is 72.9 Å². The Kier molecular flexibility index (Phi) is 4.42. The van der Waals surface area contributed by atoms with Crippen molar-refractivity contribution in [1.82, 2.24) is 0 Å². The van der Waals surface area contributed by atoms with Crippen LogP contribution < -0.4 is 0 Å². The van der Waals surface area contributed by atoms with Crippen LogP contribution in [0.4, 0.5) is 0 Å². The van der Waals surface area contributed by atoms with E-state index in [9.17, 15) is 0 Å². The molecule has 1 fully saturated rings. The minimum Gasteiger partial charge on any atom is -0.143 e.